The minimum absolute atomic E-state index is 0. The van der Waals surface area contributed by atoms with Gasteiger partial charge in [-0.15, -0.1) is 28.9 Å². The third kappa shape index (κ3) is 5.63. The Balaban J connectivity index is 0.00000387. The molecule has 5 heterocycles. The Morgan fingerprint density at radius 2 is 1.24 bits per heavy atom. The molecule has 0 aliphatic carbocycles. The van der Waals surface area contributed by atoms with E-state index in [-0.39, 0.29) is 31.6 Å². The predicted molar refractivity (Wildman–Crippen MR) is 171 cm³/mol. The molecule has 1 saturated heterocycles. The van der Waals surface area contributed by atoms with Gasteiger partial charge in [-0.25, -0.2) is 4.99 Å². The van der Waals surface area contributed by atoms with E-state index in [1.165, 1.54) is 33.7 Å². The summed E-state index contributed by atoms with van der Waals surface area (Å²) in [6.45, 7) is 18.4. The summed E-state index contributed by atoms with van der Waals surface area (Å²) in [6, 6.07) is 0.380. The van der Waals surface area contributed by atoms with Crippen molar-refractivity contribution in [2.75, 3.05) is 0 Å². The van der Waals surface area contributed by atoms with E-state index < -0.39 is 0 Å². The summed E-state index contributed by atoms with van der Waals surface area (Å²) >= 11 is 0. The molecule has 216 valence electrons. The maximum absolute atomic E-state index is 5.50. The van der Waals surface area contributed by atoms with Crippen molar-refractivity contribution in [2.45, 2.75) is 119 Å². The quantitative estimate of drug-likeness (QED) is 0.286. The van der Waals surface area contributed by atoms with Crippen LogP contribution in [0, 0.1) is 23.7 Å². The average Bonchev–Trinajstić information content (AvgIpc) is 3.67. The molecule has 1 aromatic heterocycles. The molecule has 0 radical (unpaired) electrons. The number of hydrogen-bond acceptors (Lipinski definition) is 2. The predicted octanol–water partition coefficient (Wildman–Crippen LogP) is 7.36. The molecule has 0 N–H and O–H groups in total. The third-order valence-corrected chi connectivity index (χ3v) is 10.2. The van der Waals surface area contributed by atoms with Gasteiger partial charge in [-0.05, 0) is 55.7 Å². The summed E-state index contributed by atoms with van der Waals surface area (Å²) in [4.78, 5) is 16.0. The van der Waals surface area contributed by atoms with E-state index >= 15 is 0 Å². The van der Waals surface area contributed by atoms with Crippen LogP contribution in [0.1, 0.15) is 105 Å². The van der Waals surface area contributed by atoms with Gasteiger partial charge in [0.25, 0.3) is 0 Å². The minimum Gasteiger partial charge on any atom is -0.658 e. The van der Waals surface area contributed by atoms with Crippen LogP contribution < -0.4 is 15.7 Å². The summed E-state index contributed by atoms with van der Waals surface area (Å²) in [5.74, 6) is 1.90. The van der Waals surface area contributed by atoms with Crippen LogP contribution in [0.25, 0.3) is 17.5 Å². The van der Waals surface area contributed by atoms with Gasteiger partial charge < -0.3 is 10.3 Å². The van der Waals surface area contributed by atoms with Gasteiger partial charge in [0.1, 0.15) is 0 Å². The maximum Gasteiger partial charge on any atom is 2.00 e. The fourth-order valence-electron chi connectivity index (χ4n) is 8.19. The first-order chi connectivity index (χ1) is 19.5. The zero-order valence-corrected chi connectivity index (χ0v) is 29.9. The van der Waals surface area contributed by atoms with Crippen molar-refractivity contribution in [3.05, 3.63) is 61.8 Å². The first kappa shape index (κ1) is 32.1. The number of allylic oxidation sites excluding steroid dienone is 4. The fourth-order valence-corrected chi connectivity index (χ4v) is 8.19. The second kappa shape index (κ2) is 13.6. The van der Waals surface area contributed by atoms with Crippen molar-refractivity contribution in [1.29, 1.82) is 0 Å². The molecule has 0 spiro atoms. The molecule has 5 rings (SSSR count). The van der Waals surface area contributed by atoms with Crippen molar-refractivity contribution in [1.82, 2.24) is 4.98 Å². The number of nitrogens with zero attached hydrogens (tertiary/aromatic N) is 4. The van der Waals surface area contributed by atoms with E-state index in [0.29, 0.717) is 23.7 Å². The maximum atomic E-state index is 5.50. The summed E-state index contributed by atoms with van der Waals surface area (Å²) < 4.78 is 0. The van der Waals surface area contributed by atoms with E-state index in [1.807, 2.05) is 0 Å². The summed E-state index contributed by atoms with van der Waals surface area (Å²) in [5, 5.41) is 7.79. The Kier molecular flexibility index (Phi) is 10.7. The molecule has 4 aliphatic heterocycles. The van der Waals surface area contributed by atoms with Gasteiger partial charge in [0.15, 0.2) is 0 Å². The molecule has 0 amide bonds. The van der Waals surface area contributed by atoms with Crippen LogP contribution >= 0.6 is 0 Å². The molecule has 8 bridgehead atoms. The van der Waals surface area contributed by atoms with Gasteiger partial charge in [-0.1, -0.05) is 103 Å². The molecule has 4 nitrogen and oxygen atoms in total. The van der Waals surface area contributed by atoms with E-state index in [4.69, 9.17) is 20.3 Å². The fraction of sp³-hybridized carbons (Fsp3) is 0.611. The van der Waals surface area contributed by atoms with Gasteiger partial charge in [0, 0.05) is 23.2 Å². The largest absolute Gasteiger partial charge is 2.00 e. The molecule has 6 unspecified atom stereocenters. The molecule has 4 aliphatic rings. The van der Waals surface area contributed by atoms with Gasteiger partial charge in [0.2, 0.25) is 0 Å². The SMILES string of the molecule is CCC1=C(CC)/C2=C/C3[N-]C(/C=c4\[n-]c(c(CC)c4CC)=CC4=N/C(=C\C1=N2)C(CC)C4CC)C(CC)C3CC.[Zn+2]. The number of aromatic nitrogens is 1. The monoisotopic (exact) mass is 602 g/mol. The third-order valence-electron chi connectivity index (χ3n) is 10.2. The topological polar surface area (TPSA) is 52.9 Å². The molecular weight excluding hydrogens is 554 g/mol. The van der Waals surface area contributed by atoms with Gasteiger partial charge in [0.05, 0.1) is 11.4 Å². The van der Waals surface area contributed by atoms with Gasteiger partial charge in [-0.2, -0.15) is 0 Å². The summed E-state index contributed by atoms with van der Waals surface area (Å²) in [7, 11) is 0. The first-order valence-corrected chi connectivity index (χ1v) is 16.4. The van der Waals surface area contributed by atoms with E-state index in [2.05, 4.69) is 79.7 Å². The van der Waals surface area contributed by atoms with Crippen molar-refractivity contribution in [2.24, 2.45) is 33.7 Å². The number of fused-ring (bicyclic) bond motifs is 6. The van der Waals surface area contributed by atoms with Crippen LogP contribution in [0.15, 0.2) is 44.7 Å². The molecule has 41 heavy (non-hydrogen) atoms. The van der Waals surface area contributed by atoms with Crippen LogP contribution in [0.3, 0.4) is 0 Å². The number of aliphatic imine (C=N–C) groups is 2. The zero-order valence-electron chi connectivity index (χ0n) is 26.9. The second-order valence-corrected chi connectivity index (χ2v) is 12.0. The van der Waals surface area contributed by atoms with E-state index in [9.17, 15) is 0 Å². The Hall–Kier alpha value is -1.84. The average molecular weight is 604 g/mol. The Bertz CT molecular complexity index is 1400. The van der Waals surface area contributed by atoms with Gasteiger partial charge >= 0.3 is 19.5 Å². The number of hydrogen-bond donors (Lipinski definition) is 0. The molecular formula is C36H50N4Zn. The van der Waals surface area contributed by atoms with Crippen LogP contribution in [0.5, 0.6) is 0 Å². The van der Waals surface area contributed by atoms with Crippen molar-refractivity contribution < 1.29 is 19.5 Å². The number of rotatable bonds is 8. The molecule has 0 aromatic carbocycles. The van der Waals surface area contributed by atoms with Crippen molar-refractivity contribution in [3.8, 4) is 0 Å². The smallest absolute Gasteiger partial charge is 0.658 e. The second-order valence-electron chi connectivity index (χ2n) is 12.0. The first-order valence-electron chi connectivity index (χ1n) is 16.4. The van der Waals surface area contributed by atoms with Crippen LogP contribution in [-0.4, -0.2) is 23.5 Å². The Morgan fingerprint density at radius 1 is 0.634 bits per heavy atom. The zero-order chi connectivity index (χ0) is 28.6. The summed E-state index contributed by atoms with van der Waals surface area (Å²) in [6.07, 6.45) is 17.9. The van der Waals surface area contributed by atoms with E-state index in [1.54, 1.807) is 0 Å². The van der Waals surface area contributed by atoms with Crippen molar-refractivity contribution >= 4 is 23.6 Å². The minimum atomic E-state index is 0. The molecule has 1 aromatic rings. The van der Waals surface area contributed by atoms with Crippen LogP contribution in [-0.2, 0) is 32.3 Å². The van der Waals surface area contributed by atoms with E-state index in [0.717, 1.165) is 73.5 Å². The molecule has 6 atom stereocenters. The molecule has 0 saturated carbocycles. The standard InChI is InChI=1S/C36H50N4.Zn/c1-9-21-22(10-2)30-18-32-25(13-5)26(14-6)34(39-32)20-36-28(16-8)27(15-7)35(40-36)19-33-24(12-4)23(11-3)31(38-33)17-29(21)37-30;/h17-22,27-30H,9-16H2,1-8H3;/q-2;+2/b31-17-,32-18-,33-19?,36-20-;. The summed E-state index contributed by atoms with van der Waals surface area (Å²) in [5.41, 5.74) is 10.3. The van der Waals surface area contributed by atoms with Crippen molar-refractivity contribution in [3.63, 3.8) is 0 Å². The molecule has 5 heteroatoms. The van der Waals surface area contributed by atoms with Crippen LogP contribution in [0.2, 0.25) is 0 Å². The Labute approximate surface area is 261 Å². The Morgan fingerprint density at radius 3 is 1.80 bits per heavy atom. The molecule has 1 fully saturated rings. The van der Waals surface area contributed by atoms with Crippen LogP contribution in [0.4, 0.5) is 0 Å². The normalized spacial score (nSPS) is 32.2. The van der Waals surface area contributed by atoms with Gasteiger partial charge in [-0.3, -0.25) is 4.99 Å².